The van der Waals surface area contributed by atoms with E-state index in [1.807, 2.05) is 27.7 Å². The van der Waals surface area contributed by atoms with Gasteiger partial charge in [-0.15, -0.1) is 0 Å². The monoisotopic (exact) mass is 294 g/mol. The van der Waals surface area contributed by atoms with Gasteiger partial charge in [-0.2, -0.15) is 0 Å². The van der Waals surface area contributed by atoms with Crippen molar-refractivity contribution in [3.05, 3.63) is 0 Å². The van der Waals surface area contributed by atoms with E-state index in [9.17, 15) is 9.59 Å². The molecule has 2 fully saturated rings. The molecule has 0 saturated heterocycles. The van der Waals surface area contributed by atoms with Crippen molar-refractivity contribution in [3.8, 4) is 0 Å². The molecule has 0 aliphatic heterocycles. The molecule has 2 aliphatic rings. The van der Waals surface area contributed by atoms with Crippen LogP contribution in [-0.2, 0) is 9.59 Å². The van der Waals surface area contributed by atoms with Crippen LogP contribution < -0.4 is 10.6 Å². The average Bonchev–Trinajstić information content (AvgIpc) is 3.04. The SMILES string of the molecule is CCC(C)C(=O)NC1CC2CC(NC(=O)C(C)CC)C1C2. The first-order valence-electron chi connectivity index (χ1n) is 8.56. The van der Waals surface area contributed by atoms with E-state index in [0.29, 0.717) is 11.8 Å². The maximum atomic E-state index is 12.1. The Morgan fingerprint density at radius 1 is 0.905 bits per heavy atom. The Kier molecular flexibility index (Phi) is 5.28. The van der Waals surface area contributed by atoms with Gasteiger partial charge in [0.15, 0.2) is 0 Å². The Hall–Kier alpha value is -1.06. The number of hydrogen-bond acceptors (Lipinski definition) is 2. The molecule has 0 aromatic carbocycles. The van der Waals surface area contributed by atoms with Crippen molar-refractivity contribution in [1.82, 2.24) is 10.6 Å². The molecule has 0 aromatic heterocycles. The second-order valence-corrected chi connectivity index (χ2v) is 7.09. The zero-order valence-corrected chi connectivity index (χ0v) is 13.8. The second kappa shape index (κ2) is 6.80. The molecule has 0 spiro atoms. The van der Waals surface area contributed by atoms with Crippen LogP contribution in [0.3, 0.4) is 0 Å². The number of nitrogens with one attached hydrogen (secondary N) is 2. The van der Waals surface area contributed by atoms with Crippen molar-refractivity contribution in [2.45, 2.75) is 71.9 Å². The summed E-state index contributed by atoms with van der Waals surface area (Å²) in [6.07, 6.45) is 5.07. The Morgan fingerprint density at radius 2 is 1.33 bits per heavy atom. The van der Waals surface area contributed by atoms with Crippen LogP contribution in [0.2, 0.25) is 0 Å². The molecule has 2 saturated carbocycles. The van der Waals surface area contributed by atoms with Crippen LogP contribution in [0.25, 0.3) is 0 Å². The molecular formula is C17H30N2O2. The van der Waals surface area contributed by atoms with E-state index in [1.54, 1.807) is 0 Å². The summed E-state index contributed by atoms with van der Waals surface area (Å²) in [7, 11) is 0. The predicted molar refractivity (Wildman–Crippen MR) is 83.6 cm³/mol. The topological polar surface area (TPSA) is 58.2 Å². The Bertz CT molecular complexity index is 362. The highest BCUT2D eigenvalue weighted by Crippen LogP contribution is 2.45. The zero-order valence-electron chi connectivity index (χ0n) is 13.8. The highest BCUT2D eigenvalue weighted by atomic mass is 16.2. The fourth-order valence-electron chi connectivity index (χ4n) is 3.70. The molecule has 2 aliphatic carbocycles. The molecule has 4 heteroatoms. The quantitative estimate of drug-likeness (QED) is 0.790. The van der Waals surface area contributed by atoms with Gasteiger partial charge in [-0.3, -0.25) is 9.59 Å². The van der Waals surface area contributed by atoms with Crippen LogP contribution in [-0.4, -0.2) is 23.9 Å². The molecule has 120 valence electrons. The molecule has 2 bridgehead atoms. The average molecular weight is 294 g/mol. The number of carbonyl (C=O) groups is 2. The van der Waals surface area contributed by atoms with Gasteiger partial charge >= 0.3 is 0 Å². The van der Waals surface area contributed by atoms with Crippen molar-refractivity contribution in [2.24, 2.45) is 23.7 Å². The number of amides is 2. The fourth-order valence-corrected chi connectivity index (χ4v) is 3.70. The summed E-state index contributed by atoms with van der Waals surface area (Å²) >= 11 is 0. The van der Waals surface area contributed by atoms with E-state index >= 15 is 0 Å². The van der Waals surface area contributed by atoms with Gasteiger partial charge in [0.25, 0.3) is 0 Å². The lowest BCUT2D eigenvalue weighted by molar-refractivity contribution is -0.126. The molecular weight excluding hydrogens is 264 g/mol. The lowest BCUT2D eigenvalue weighted by Crippen LogP contribution is -2.50. The van der Waals surface area contributed by atoms with Crippen molar-refractivity contribution in [2.75, 3.05) is 0 Å². The molecule has 0 aromatic rings. The third kappa shape index (κ3) is 3.58. The van der Waals surface area contributed by atoms with Gasteiger partial charge in [0.2, 0.25) is 11.8 Å². The van der Waals surface area contributed by atoms with Crippen LogP contribution >= 0.6 is 0 Å². The summed E-state index contributed by atoms with van der Waals surface area (Å²) in [4.78, 5) is 24.2. The molecule has 2 N–H and O–H groups in total. The molecule has 21 heavy (non-hydrogen) atoms. The van der Waals surface area contributed by atoms with Crippen LogP contribution in [0.15, 0.2) is 0 Å². The van der Waals surface area contributed by atoms with E-state index in [0.717, 1.165) is 32.1 Å². The maximum absolute atomic E-state index is 12.1. The minimum Gasteiger partial charge on any atom is -0.353 e. The number of carbonyl (C=O) groups excluding carboxylic acids is 2. The summed E-state index contributed by atoms with van der Waals surface area (Å²) in [6, 6.07) is 0.514. The van der Waals surface area contributed by atoms with Crippen molar-refractivity contribution in [3.63, 3.8) is 0 Å². The molecule has 0 radical (unpaired) electrons. The van der Waals surface area contributed by atoms with Crippen LogP contribution in [0, 0.1) is 23.7 Å². The van der Waals surface area contributed by atoms with Crippen LogP contribution in [0.4, 0.5) is 0 Å². The van der Waals surface area contributed by atoms with Gasteiger partial charge in [-0.1, -0.05) is 27.7 Å². The van der Waals surface area contributed by atoms with Gasteiger partial charge in [-0.05, 0) is 43.9 Å². The molecule has 2 rings (SSSR count). The lowest BCUT2D eigenvalue weighted by Gasteiger charge is -2.32. The van der Waals surface area contributed by atoms with Gasteiger partial charge in [0, 0.05) is 23.9 Å². The maximum Gasteiger partial charge on any atom is 0.223 e. The number of rotatable bonds is 6. The standard InChI is InChI=1S/C17H30N2O2/c1-5-10(3)16(20)18-14-8-12-7-13(14)15(9-12)19-17(21)11(4)6-2/h10-15H,5-9H2,1-4H3,(H,18,20)(H,19,21). The first-order chi connectivity index (χ1) is 9.96. The minimum absolute atomic E-state index is 0.0808. The van der Waals surface area contributed by atoms with E-state index < -0.39 is 0 Å². The first-order valence-corrected chi connectivity index (χ1v) is 8.56. The Morgan fingerprint density at radius 3 is 1.67 bits per heavy atom. The van der Waals surface area contributed by atoms with Gasteiger partial charge in [0.1, 0.15) is 0 Å². The molecule has 4 nitrogen and oxygen atoms in total. The van der Waals surface area contributed by atoms with Crippen LogP contribution in [0.1, 0.15) is 59.8 Å². The first kappa shape index (κ1) is 16.3. The third-order valence-electron chi connectivity index (χ3n) is 5.59. The smallest absolute Gasteiger partial charge is 0.223 e. The largest absolute Gasteiger partial charge is 0.353 e. The minimum atomic E-state index is 0.0808. The highest BCUT2D eigenvalue weighted by molar-refractivity contribution is 5.79. The van der Waals surface area contributed by atoms with Gasteiger partial charge in [-0.25, -0.2) is 0 Å². The summed E-state index contributed by atoms with van der Waals surface area (Å²) in [5.74, 6) is 1.59. The van der Waals surface area contributed by atoms with Crippen LogP contribution in [0.5, 0.6) is 0 Å². The fraction of sp³-hybridized carbons (Fsp3) is 0.882. The van der Waals surface area contributed by atoms with Gasteiger partial charge in [0.05, 0.1) is 0 Å². The molecule has 2 amide bonds. The van der Waals surface area contributed by atoms with Crippen molar-refractivity contribution < 1.29 is 9.59 Å². The normalized spacial score (nSPS) is 33.5. The van der Waals surface area contributed by atoms with Crippen molar-refractivity contribution in [1.29, 1.82) is 0 Å². The Labute approximate surface area is 128 Å². The summed E-state index contributed by atoms with van der Waals surface area (Å²) in [5, 5.41) is 6.43. The van der Waals surface area contributed by atoms with Crippen molar-refractivity contribution >= 4 is 11.8 Å². The van der Waals surface area contributed by atoms with E-state index in [1.165, 1.54) is 0 Å². The number of hydrogen-bond donors (Lipinski definition) is 2. The molecule has 0 heterocycles. The zero-order chi connectivity index (χ0) is 15.6. The van der Waals surface area contributed by atoms with E-state index in [2.05, 4.69) is 10.6 Å². The number of fused-ring (bicyclic) bond motifs is 2. The Balaban J connectivity index is 1.90. The third-order valence-corrected chi connectivity index (χ3v) is 5.59. The summed E-state index contributed by atoms with van der Waals surface area (Å²) in [5.41, 5.74) is 0. The predicted octanol–water partition coefficient (Wildman–Crippen LogP) is 2.48. The second-order valence-electron chi connectivity index (χ2n) is 7.09. The van der Waals surface area contributed by atoms with E-state index in [4.69, 9.17) is 0 Å². The highest BCUT2D eigenvalue weighted by Gasteiger charge is 2.47. The summed E-state index contributed by atoms with van der Waals surface area (Å²) in [6.45, 7) is 8.04. The molecule has 4 unspecified atom stereocenters. The van der Waals surface area contributed by atoms with E-state index in [-0.39, 0.29) is 35.7 Å². The lowest BCUT2D eigenvalue weighted by atomic mass is 9.89. The molecule has 4 atom stereocenters. The summed E-state index contributed by atoms with van der Waals surface area (Å²) < 4.78 is 0. The van der Waals surface area contributed by atoms with Gasteiger partial charge < -0.3 is 10.6 Å².